The second-order valence-electron chi connectivity index (χ2n) is 12.5. The summed E-state index contributed by atoms with van der Waals surface area (Å²) in [6, 6.07) is 12.5. The molecule has 1 aliphatic heterocycles. The fourth-order valence-corrected chi connectivity index (χ4v) is 5.71. The standard InChI is InChI=1S/C34H44N8O2/c1-23(2)11-13-41(25(5)43)33-29-9-7-27(19-31(29)35-21-37-33)39-15-17-40(18-16-39)28-8-10-30-32(20-28)36-22-38-34(30)42(26(6)44)14-12-24(3)4/h7-10,19-24H,11-18H2,1-6H3. The Balaban J connectivity index is 1.31. The lowest BCUT2D eigenvalue weighted by molar-refractivity contribution is -0.117. The summed E-state index contributed by atoms with van der Waals surface area (Å²) in [6.07, 6.45) is 4.93. The van der Waals surface area contributed by atoms with Crippen LogP contribution in [0.5, 0.6) is 0 Å². The van der Waals surface area contributed by atoms with Gasteiger partial charge in [-0.15, -0.1) is 0 Å². The van der Waals surface area contributed by atoms with E-state index in [0.29, 0.717) is 36.6 Å². The van der Waals surface area contributed by atoms with Crippen LogP contribution in [0.4, 0.5) is 23.0 Å². The van der Waals surface area contributed by atoms with Gasteiger partial charge in [-0.2, -0.15) is 0 Å². The van der Waals surface area contributed by atoms with Gasteiger partial charge in [-0.25, -0.2) is 19.9 Å². The number of nitrogens with zero attached hydrogens (tertiary/aromatic N) is 8. The molecule has 232 valence electrons. The van der Waals surface area contributed by atoms with E-state index < -0.39 is 0 Å². The van der Waals surface area contributed by atoms with Gasteiger partial charge in [0.05, 0.1) is 11.0 Å². The number of anilines is 4. The van der Waals surface area contributed by atoms with Crippen LogP contribution >= 0.6 is 0 Å². The van der Waals surface area contributed by atoms with Crippen molar-refractivity contribution in [3.63, 3.8) is 0 Å². The molecule has 44 heavy (non-hydrogen) atoms. The molecule has 1 fully saturated rings. The number of aromatic nitrogens is 4. The van der Waals surface area contributed by atoms with Gasteiger partial charge < -0.3 is 9.80 Å². The quantitative estimate of drug-likeness (QED) is 0.230. The molecule has 4 aromatic rings. The molecule has 2 aromatic carbocycles. The Morgan fingerprint density at radius 2 is 1.05 bits per heavy atom. The summed E-state index contributed by atoms with van der Waals surface area (Å²) in [5.74, 6) is 2.32. The predicted octanol–water partition coefficient (Wildman–Crippen LogP) is 5.70. The van der Waals surface area contributed by atoms with Gasteiger partial charge in [0.15, 0.2) is 0 Å². The van der Waals surface area contributed by atoms with Crippen LogP contribution in [0.2, 0.25) is 0 Å². The van der Waals surface area contributed by atoms with Crippen molar-refractivity contribution in [2.24, 2.45) is 11.8 Å². The molecule has 0 atom stereocenters. The maximum absolute atomic E-state index is 12.5. The second-order valence-corrected chi connectivity index (χ2v) is 12.5. The third kappa shape index (κ3) is 6.90. The van der Waals surface area contributed by atoms with Crippen molar-refractivity contribution in [1.29, 1.82) is 0 Å². The van der Waals surface area contributed by atoms with Gasteiger partial charge in [-0.3, -0.25) is 19.4 Å². The lowest BCUT2D eigenvalue weighted by Crippen LogP contribution is -2.46. The highest BCUT2D eigenvalue weighted by atomic mass is 16.2. The average Bonchev–Trinajstić information content (AvgIpc) is 3.00. The van der Waals surface area contributed by atoms with Crippen molar-refractivity contribution in [1.82, 2.24) is 19.9 Å². The Labute approximate surface area is 260 Å². The Hall–Kier alpha value is -4.34. The zero-order chi connectivity index (χ0) is 31.4. The van der Waals surface area contributed by atoms with Crippen LogP contribution in [-0.4, -0.2) is 71.0 Å². The largest absolute Gasteiger partial charge is 0.368 e. The van der Waals surface area contributed by atoms with Gasteiger partial charge in [0.2, 0.25) is 11.8 Å². The van der Waals surface area contributed by atoms with E-state index in [1.54, 1.807) is 36.3 Å². The molecule has 5 rings (SSSR count). The van der Waals surface area contributed by atoms with Crippen LogP contribution in [0, 0.1) is 11.8 Å². The molecule has 0 aliphatic carbocycles. The van der Waals surface area contributed by atoms with E-state index in [0.717, 1.165) is 72.2 Å². The lowest BCUT2D eigenvalue weighted by atomic mass is 10.1. The molecular formula is C34H44N8O2. The molecule has 2 amide bonds. The highest BCUT2D eigenvalue weighted by molar-refractivity contribution is 6.01. The summed E-state index contributed by atoms with van der Waals surface area (Å²) < 4.78 is 0. The van der Waals surface area contributed by atoms with Crippen LogP contribution in [0.1, 0.15) is 54.4 Å². The predicted molar refractivity (Wildman–Crippen MR) is 178 cm³/mol. The van der Waals surface area contributed by atoms with E-state index in [4.69, 9.17) is 0 Å². The Morgan fingerprint density at radius 1 is 0.659 bits per heavy atom. The smallest absolute Gasteiger partial charge is 0.225 e. The zero-order valence-corrected chi connectivity index (χ0v) is 26.8. The summed E-state index contributed by atoms with van der Waals surface area (Å²) in [6.45, 7) is 16.5. The number of hydrogen-bond donors (Lipinski definition) is 0. The van der Waals surface area contributed by atoms with Crippen LogP contribution in [0.25, 0.3) is 21.8 Å². The number of fused-ring (bicyclic) bond motifs is 2. The molecule has 0 spiro atoms. The average molecular weight is 597 g/mol. The Bertz CT molecular complexity index is 1510. The minimum atomic E-state index is -0.00969. The number of piperazine rings is 1. The first-order valence-corrected chi connectivity index (χ1v) is 15.7. The van der Waals surface area contributed by atoms with E-state index in [1.807, 2.05) is 12.1 Å². The Morgan fingerprint density at radius 3 is 1.39 bits per heavy atom. The van der Waals surface area contributed by atoms with Crippen LogP contribution < -0.4 is 19.6 Å². The van der Waals surface area contributed by atoms with Gasteiger partial charge in [0.25, 0.3) is 0 Å². The molecule has 3 heterocycles. The van der Waals surface area contributed by atoms with Gasteiger partial charge in [0.1, 0.15) is 24.3 Å². The van der Waals surface area contributed by atoms with Crippen molar-refractivity contribution >= 4 is 56.6 Å². The van der Waals surface area contributed by atoms with E-state index in [9.17, 15) is 9.59 Å². The fraction of sp³-hybridized carbons (Fsp3) is 0.471. The molecule has 1 saturated heterocycles. The van der Waals surface area contributed by atoms with E-state index in [-0.39, 0.29) is 11.8 Å². The molecule has 0 radical (unpaired) electrons. The van der Waals surface area contributed by atoms with Crippen molar-refractivity contribution in [2.75, 3.05) is 58.9 Å². The number of carbonyl (C=O) groups excluding carboxylic acids is 2. The minimum Gasteiger partial charge on any atom is -0.368 e. The normalized spacial score (nSPS) is 13.7. The molecule has 10 heteroatoms. The molecule has 1 aliphatic rings. The van der Waals surface area contributed by atoms with Crippen molar-refractivity contribution in [3.8, 4) is 0 Å². The molecular weight excluding hydrogens is 552 g/mol. The van der Waals surface area contributed by atoms with Crippen molar-refractivity contribution < 1.29 is 9.59 Å². The second kappa shape index (κ2) is 13.5. The lowest BCUT2D eigenvalue weighted by Gasteiger charge is -2.37. The van der Waals surface area contributed by atoms with Crippen LogP contribution in [-0.2, 0) is 9.59 Å². The van der Waals surface area contributed by atoms with E-state index >= 15 is 0 Å². The third-order valence-electron chi connectivity index (χ3n) is 8.34. The molecule has 2 aromatic heterocycles. The molecule has 0 saturated carbocycles. The van der Waals surface area contributed by atoms with Gasteiger partial charge in [-0.05, 0) is 61.1 Å². The first-order valence-electron chi connectivity index (χ1n) is 15.7. The van der Waals surface area contributed by atoms with E-state index in [1.165, 1.54) is 0 Å². The first-order chi connectivity index (χ1) is 21.1. The van der Waals surface area contributed by atoms with Crippen molar-refractivity contribution in [2.45, 2.75) is 54.4 Å². The van der Waals surface area contributed by atoms with Crippen LogP contribution in [0.3, 0.4) is 0 Å². The molecule has 10 nitrogen and oxygen atoms in total. The first kappa shape index (κ1) is 31.1. The van der Waals surface area contributed by atoms with Crippen molar-refractivity contribution in [3.05, 3.63) is 49.1 Å². The van der Waals surface area contributed by atoms with Crippen LogP contribution in [0.15, 0.2) is 49.1 Å². The number of rotatable bonds is 10. The number of amides is 2. The maximum atomic E-state index is 12.5. The number of benzene rings is 2. The Kier molecular flexibility index (Phi) is 9.56. The maximum Gasteiger partial charge on any atom is 0.225 e. The topological polar surface area (TPSA) is 98.7 Å². The number of hydrogen-bond acceptors (Lipinski definition) is 8. The summed E-state index contributed by atoms with van der Waals surface area (Å²) in [5, 5.41) is 1.78. The highest BCUT2D eigenvalue weighted by Crippen LogP contribution is 2.31. The third-order valence-corrected chi connectivity index (χ3v) is 8.34. The SMILES string of the molecule is CC(=O)N(CCC(C)C)c1ncnc2cc(N3CCN(c4ccc5c(N(CCC(C)C)C(C)=O)ncnc5c4)CC3)ccc12. The molecule has 0 bridgehead atoms. The zero-order valence-electron chi connectivity index (χ0n) is 26.8. The molecule has 0 N–H and O–H groups in total. The number of carbonyl (C=O) groups is 2. The summed E-state index contributed by atoms with van der Waals surface area (Å²) in [5.41, 5.74) is 3.90. The van der Waals surface area contributed by atoms with Gasteiger partial charge >= 0.3 is 0 Å². The van der Waals surface area contributed by atoms with E-state index in [2.05, 4.69) is 81.7 Å². The monoisotopic (exact) mass is 596 g/mol. The highest BCUT2D eigenvalue weighted by Gasteiger charge is 2.22. The van der Waals surface area contributed by atoms with Gasteiger partial charge in [0, 0.05) is 75.3 Å². The minimum absolute atomic E-state index is 0.00969. The van der Waals surface area contributed by atoms with Gasteiger partial charge in [-0.1, -0.05) is 27.7 Å². The summed E-state index contributed by atoms with van der Waals surface area (Å²) in [4.78, 5) is 51.4. The fourth-order valence-electron chi connectivity index (χ4n) is 5.71. The molecule has 0 unspecified atom stereocenters. The summed E-state index contributed by atoms with van der Waals surface area (Å²) >= 11 is 0. The summed E-state index contributed by atoms with van der Waals surface area (Å²) in [7, 11) is 0.